The quantitative estimate of drug-likeness (QED) is 0.828. The Labute approximate surface area is 116 Å². The number of nitrogen functional groups attached to an aromatic ring is 1. The summed E-state index contributed by atoms with van der Waals surface area (Å²) in [5.41, 5.74) is 8.79. The molecule has 0 aliphatic carbocycles. The first-order chi connectivity index (χ1) is 9.02. The summed E-state index contributed by atoms with van der Waals surface area (Å²) in [4.78, 5) is 2.46. The molecule has 1 saturated heterocycles. The minimum Gasteiger partial charge on any atom is -0.398 e. The lowest BCUT2D eigenvalue weighted by Crippen LogP contribution is -2.45. The van der Waals surface area contributed by atoms with E-state index in [0.717, 1.165) is 17.8 Å². The summed E-state index contributed by atoms with van der Waals surface area (Å²) >= 11 is 0. The molecule has 0 spiro atoms. The largest absolute Gasteiger partial charge is 0.398 e. The van der Waals surface area contributed by atoms with Crippen LogP contribution in [0.5, 0.6) is 0 Å². The predicted octanol–water partition coefficient (Wildman–Crippen LogP) is 3.21. The predicted molar refractivity (Wildman–Crippen MR) is 79.9 cm³/mol. The van der Waals surface area contributed by atoms with Crippen LogP contribution in [-0.2, 0) is 6.42 Å². The maximum Gasteiger partial charge on any atom is 0.0670 e. The van der Waals surface area contributed by atoms with Crippen molar-refractivity contribution in [3.05, 3.63) is 23.8 Å². The molecule has 0 amide bonds. The standard InChI is InChI=1S/C16H23N3/c1-11-8-12(2)13(3)19(10-11)15-4-5-16(18)14(9-15)6-7-17/h4-5,9,11-13H,6,8,10,18H2,1-3H3. The SMILES string of the molecule is CC1CC(C)C(C)N(c2ccc(N)c(CC#N)c2)C1. The van der Waals surface area contributed by atoms with Gasteiger partial charge in [-0.25, -0.2) is 0 Å². The maximum absolute atomic E-state index is 8.86. The maximum atomic E-state index is 8.86. The molecule has 0 aromatic heterocycles. The molecule has 0 radical (unpaired) electrons. The second-order valence-electron chi connectivity index (χ2n) is 5.93. The fraction of sp³-hybridized carbons (Fsp3) is 0.562. The second kappa shape index (κ2) is 5.52. The molecule has 1 heterocycles. The molecule has 1 aromatic rings. The molecule has 3 heteroatoms. The minimum atomic E-state index is 0.382. The summed E-state index contributed by atoms with van der Waals surface area (Å²) in [6, 6.07) is 8.82. The lowest BCUT2D eigenvalue weighted by Gasteiger charge is -2.42. The number of hydrogen-bond donors (Lipinski definition) is 1. The Morgan fingerprint density at radius 3 is 2.79 bits per heavy atom. The van der Waals surface area contributed by atoms with Gasteiger partial charge in [-0.3, -0.25) is 0 Å². The molecular weight excluding hydrogens is 234 g/mol. The van der Waals surface area contributed by atoms with Gasteiger partial charge in [0, 0.05) is 24.0 Å². The summed E-state index contributed by atoms with van der Waals surface area (Å²) in [5, 5.41) is 8.86. The third-order valence-electron chi connectivity index (χ3n) is 4.33. The third-order valence-corrected chi connectivity index (χ3v) is 4.33. The molecule has 0 bridgehead atoms. The van der Waals surface area contributed by atoms with Crippen LogP contribution < -0.4 is 10.6 Å². The van der Waals surface area contributed by atoms with E-state index in [1.807, 2.05) is 6.07 Å². The molecule has 19 heavy (non-hydrogen) atoms. The molecule has 3 nitrogen and oxygen atoms in total. The molecule has 102 valence electrons. The number of benzene rings is 1. The highest BCUT2D eigenvalue weighted by Gasteiger charge is 2.28. The Bertz CT molecular complexity index is 489. The monoisotopic (exact) mass is 257 g/mol. The Balaban J connectivity index is 2.30. The zero-order valence-corrected chi connectivity index (χ0v) is 12.1. The van der Waals surface area contributed by atoms with Gasteiger partial charge >= 0.3 is 0 Å². The van der Waals surface area contributed by atoms with Crippen LogP contribution >= 0.6 is 0 Å². The van der Waals surface area contributed by atoms with Gasteiger partial charge in [0.15, 0.2) is 0 Å². The van der Waals surface area contributed by atoms with Crippen molar-refractivity contribution in [2.24, 2.45) is 11.8 Å². The average Bonchev–Trinajstić information content (AvgIpc) is 2.37. The number of hydrogen-bond acceptors (Lipinski definition) is 3. The smallest absolute Gasteiger partial charge is 0.0670 e. The molecule has 3 unspecified atom stereocenters. The number of nitriles is 1. The van der Waals surface area contributed by atoms with Crippen LogP contribution in [0.4, 0.5) is 11.4 Å². The molecule has 1 aromatic carbocycles. The molecule has 3 atom stereocenters. The molecule has 1 aliphatic rings. The van der Waals surface area contributed by atoms with E-state index in [1.54, 1.807) is 0 Å². The van der Waals surface area contributed by atoms with Crippen LogP contribution in [-0.4, -0.2) is 12.6 Å². The molecule has 1 fully saturated rings. The van der Waals surface area contributed by atoms with Crippen LogP contribution in [0.1, 0.15) is 32.8 Å². The minimum absolute atomic E-state index is 0.382. The molecule has 1 aliphatic heterocycles. The van der Waals surface area contributed by atoms with Crippen LogP contribution in [0, 0.1) is 23.2 Å². The first kappa shape index (κ1) is 13.7. The van der Waals surface area contributed by atoms with Gasteiger partial charge in [-0.05, 0) is 48.9 Å². The van der Waals surface area contributed by atoms with Crippen molar-refractivity contribution in [3.63, 3.8) is 0 Å². The van der Waals surface area contributed by atoms with E-state index in [0.29, 0.717) is 24.3 Å². The van der Waals surface area contributed by atoms with Gasteiger partial charge in [-0.2, -0.15) is 5.26 Å². The molecule has 2 N–H and O–H groups in total. The van der Waals surface area contributed by atoms with Crippen molar-refractivity contribution >= 4 is 11.4 Å². The van der Waals surface area contributed by atoms with Crippen molar-refractivity contribution in [1.29, 1.82) is 5.26 Å². The number of nitrogens with zero attached hydrogens (tertiary/aromatic N) is 2. The van der Waals surface area contributed by atoms with Gasteiger partial charge in [0.1, 0.15) is 0 Å². The van der Waals surface area contributed by atoms with Crippen LogP contribution in [0.3, 0.4) is 0 Å². The summed E-state index contributed by atoms with van der Waals surface area (Å²) in [7, 11) is 0. The topological polar surface area (TPSA) is 53.0 Å². The van der Waals surface area contributed by atoms with Crippen molar-refractivity contribution in [1.82, 2.24) is 0 Å². The Morgan fingerprint density at radius 2 is 2.11 bits per heavy atom. The Morgan fingerprint density at radius 1 is 1.37 bits per heavy atom. The van der Waals surface area contributed by atoms with E-state index in [2.05, 4.69) is 43.9 Å². The highest BCUT2D eigenvalue weighted by atomic mass is 15.2. The van der Waals surface area contributed by atoms with Crippen LogP contribution in [0.15, 0.2) is 18.2 Å². The fourth-order valence-electron chi connectivity index (χ4n) is 3.07. The van der Waals surface area contributed by atoms with Gasteiger partial charge in [-0.15, -0.1) is 0 Å². The molecule has 0 saturated carbocycles. The Kier molecular flexibility index (Phi) is 3.99. The van der Waals surface area contributed by atoms with Crippen molar-refractivity contribution in [3.8, 4) is 6.07 Å². The van der Waals surface area contributed by atoms with Gasteiger partial charge < -0.3 is 10.6 Å². The number of anilines is 2. The number of piperidine rings is 1. The molecular formula is C16H23N3. The molecule has 2 rings (SSSR count). The fourth-order valence-corrected chi connectivity index (χ4v) is 3.07. The van der Waals surface area contributed by atoms with Crippen molar-refractivity contribution in [2.45, 2.75) is 39.7 Å². The van der Waals surface area contributed by atoms with Gasteiger partial charge in [0.05, 0.1) is 12.5 Å². The van der Waals surface area contributed by atoms with Gasteiger partial charge in [0.2, 0.25) is 0 Å². The van der Waals surface area contributed by atoms with Crippen LogP contribution in [0.2, 0.25) is 0 Å². The average molecular weight is 257 g/mol. The normalized spacial score (nSPS) is 27.1. The number of nitrogens with two attached hydrogens (primary N) is 1. The first-order valence-electron chi connectivity index (χ1n) is 7.05. The Hall–Kier alpha value is -1.69. The van der Waals surface area contributed by atoms with E-state index in [-0.39, 0.29) is 0 Å². The summed E-state index contributed by atoms with van der Waals surface area (Å²) in [5.74, 6) is 1.41. The van der Waals surface area contributed by atoms with E-state index >= 15 is 0 Å². The zero-order chi connectivity index (χ0) is 14.0. The lowest BCUT2D eigenvalue weighted by molar-refractivity contribution is 0.297. The van der Waals surface area contributed by atoms with E-state index in [1.165, 1.54) is 12.1 Å². The van der Waals surface area contributed by atoms with Gasteiger partial charge in [0.25, 0.3) is 0 Å². The van der Waals surface area contributed by atoms with E-state index < -0.39 is 0 Å². The summed E-state index contributed by atoms with van der Waals surface area (Å²) in [6.07, 6.45) is 1.67. The van der Waals surface area contributed by atoms with Crippen molar-refractivity contribution < 1.29 is 0 Å². The summed E-state index contributed by atoms with van der Waals surface area (Å²) in [6.45, 7) is 8.00. The second-order valence-corrected chi connectivity index (χ2v) is 5.93. The van der Waals surface area contributed by atoms with E-state index in [9.17, 15) is 0 Å². The van der Waals surface area contributed by atoms with Crippen LogP contribution in [0.25, 0.3) is 0 Å². The first-order valence-corrected chi connectivity index (χ1v) is 7.05. The number of rotatable bonds is 2. The summed E-state index contributed by atoms with van der Waals surface area (Å²) < 4.78 is 0. The third kappa shape index (κ3) is 2.84. The van der Waals surface area contributed by atoms with E-state index in [4.69, 9.17) is 11.0 Å². The lowest BCUT2D eigenvalue weighted by atomic mass is 9.85. The highest BCUT2D eigenvalue weighted by Crippen LogP contribution is 2.32. The zero-order valence-electron chi connectivity index (χ0n) is 12.1. The van der Waals surface area contributed by atoms with Gasteiger partial charge in [-0.1, -0.05) is 13.8 Å². The highest BCUT2D eigenvalue weighted by molar-refractivity contribution is 5.59. The van der Waals surface area contributed by atoms with Crippen molar-refractivity contribution in [2.75, 3.05) is 17.2 Å².